The molecule has 1 aromatic carbocycles. The summed E-state index contributed by atoms with van der Waals surface area (Å²) in [5.41, 5.74) is 1.19. The van der Waals surface area contributed by atoms with Gasteiger partial charge in [0.15, 0.2) is 12.4 Å². The lowest BCUT2D eigenvalue weighted by Gasteiger charge is -2.31. The fraction of sp³-hybridized carbons (Fsp3) is 0.600. The Hall–Kier alpha value is -1.88. The molecule has 1 saturated heterocycles. The Morgan fingerprint density at radius 1 is 1.08 bits per heavy atom. The summed E-state index contributed by atoms with van der Waals surface area (Å²) in [5, 5.41) is 0. The first-order valence-electron chi connectivity index (χ1n) is 9.30. The summed E-state index contributed by atoms with van der Waals surface area (Å²) < 4.78 is 12.0. The maximum Gasteiger partial charge on any atom is 0.261 e. The van der Waals surface area contributed by atoms with Gasteiger partial charge in [0.2, 0.25) is 0 Å². The van der Waals surface area contributed by atoms with Gasteiger partial charge in [-0.25, -0.2) is 0 Å². The van der Waals surface area contributed by atoms with Gasteiger partial charge in [-0.05, 0) is 50.2 Å². The molecule has 2 bridgehead atoms. The topological polar surface area (TPSA) is 55.8 Å². The molecule has 0 radical (unpaired) electrons. The van der Waals surface area contributed by atoms with Crippen LogP contribution >= 0.6 is 0 Å². The second-order valence-corrected chi connectivity index (χ2v) is 7.47. The Labute approximate surface area is 148 Å². The average Bonchev–Trinajstić information content (AvgIpc) is 2.92. The molecule has 2 atom stereocenters. The van der Waals surface area contributed by atoms with Gasteiger partial charge in [0.05, 0.1) is 12.7 Å². The van der Waals surface area contributed by atoms with E-state index >= 15 is 0 Å². The lowest BCUT2D eigenvalue weighted by Crippen LogP contribution is -2.46. The number of carbonyl (C=O) groups is 2. The number of ether oxygens (including phenoxy) is 2. The third kappa shape index (κ3) is 3.17. The van der Waals surface area contributed by atoms with Gasteiger partial charge >= 0.3 is 0 Å². The van der Waals surface area contributed by atoms with Crippen molar-refractivity contribution in [2.45, 2.75) is 63.1 Å². The van der Waals surface area contributed by atoms with Gasteiger partial charge in [0, 0.05) is 12.5 Å². The minimum Gasteiger partial charge on any atom is -0.483 e. The number of Topliss-reactive ketones (excluding diaryl/α,β-unsaturated/α-hetero) is 1. The van der Waals surface area contributed by atoms with Gasteiger partial charge in [0.25, 0.3) is 5.91 Å². The summed E-state index contributed by atoms with van der Waals surface area (Å²) in [7, 11) is 0. The van der Waals surface area contributed by atoms with Crippen LogP contribution in [-0.4, -0.2) is 48.0 Å². The zero-order valence-corrected chi connectivity index (χ0v) is 14.6. The van der Waals surface area contributed by atoms with E-state index < -0.39 is 6.04 Å². The van der Waals surface area contributed by atoms with E-state index in [0.29, 0.717) is 18.9 Å². The summed E-state index contributed by atoms with van der Waals surface area (Å²) in [5.74, 6) is 1.22. The molecule has 0 N–H and O–H groups in total. The molecular weight excluding hydrogens is 318 g/mol. The Bertz CT molecular complexity index is 665. The molecule has 0 aromatic heterocycles. The number of para-hydroxylation sites is 1. The molecule has 3 aliphatic heterocycles. The maximum absolute atomic E-state index is 12.7. The van der Waals surface area contributed by atoms with Crippen LogP contribution in [0, 0.1) is 0 Å². The molecule has 134 valence electrons. The summed E-state index contributed by atoms with van der Waals surface area (Å²) in [4.78, 5) is 26.7. The van der Waals surface area contributed by atoms with E-state index in [1.165, 1.54) is 5.56 Å². The number of ketones is 1. The van der Waals surface area contributed by atoms with Gasteiger partial charge in [-0.1, -0.05) is 18.2 Å². The van der Waals surface area contributed by atoms with Crippen LogP contribution in [0.2, 0.25) is 0 Å². The van der Waals surface area contributed by atoms with Crippen molar-refractivity contribution in [1.82, 2.24) is 4.90 Å². The largest absolute Gasteiger partial charge is 0.483 e. The summed E-state index contributed by atoms with van der Waals surface area (Å²) in [6.07, 6.45) is 4.68. The van der Waals surface area contributed by atoms with E-state index in [1.54, 1.807) is 4.90 Å². The molecule has 25 heavy (non-hydrogen) atoms. The molecule has 1 amide bonds. The van der Waals surface area contributed by atoms with Gasteiger partial charge in [-0.15, -0.1) is 0 Å². The van der Waals surface area contributed by atoms with E-state index in [2.05, 4.69) is 6.07 Å². The number of carbonyl (C=O) groups excluding carboxylic acids is 2. The van der Waals surface area contributed by atoms with Crippen LogP contribution in [0.4, 0.5) is 0 Å². The fourth-order valence-corrected chi connectivity index (χ4v) is 4.51. The summed E-state index contributed by atoms with van der Waals surface area (Å²) in [6, 6.07) is 7.48. The molecule has 1 aromatic rings. The number of hydrogen-bond donors (Lipinski definition) is 0. The van der Waals surface area contributed by atoms with Crippen LogP contribution in [0.25, 0.3) is 0 Å². The molecule has 0 unspecified atom stereocenters. The first-order chi connectivity index (χ1) is 12.1. The second-order valence-electron chi connectivity index (χ2n) is 7.47. The number of hydrogen-bond acceptors (Lipinski definition) is 4. The highest BCUT2D eigenvalue weighted by atomic mass is 16.5. The monoisotopic (exact) mass is 343 g/mol. The Kier molecular flexibility index (Phi) is 4.50. The molecule has 0 spiro atoms. The molecule has 5 nitrogen and oxygen atoms in total. The van der Waals surface area contributed by atoms with E-state index in [0.717, 1.165) is 31.4 Å². The van der Waals surface area contributed by atoms with E-state index in [-0.39, 0.29) is 30.4 Å². The highest BCUT2D eigenvalue weighted by molar-refractivity contribution is 5.93. The number of fused-ring (bicyclic) bond motifs is 5. The molecule has 3 heterocycles. The lowest BCUT2D eigenvalue weighted by atomic mass is 9.82. The number of amides is 1. The average molecular weight is 343 g/mol. The van der Waals surface area contributed by atoms with Crippen molar-refractivity contribution in [2.75, 3.05) is 13.2 Å². The van der Waals surface area contributed by atoms with Gasteiger partial charge in [-0.3, -0.25) is 9.59 Å². The Morgan fingerprint density at radius 2 is 1.84 bits per heavy atom. The zero-order chi connectivity index (χ0) is 17.4. The van der Waals surface area contributed by atoms with E-state index in [1.807, 2.05) is 25.1 Å². The Balaban J connectivity index is 1.64. The van der Waals surface area contributed by atoms with Crippen molar-refractivity contribution < 1.29 is 19.1 Å². The van der Waals surface area contributed by atoms with Crippen LogP contribution < -0.4 is 4.74 Å². The van der Waals surface area contributed by atoms with Crippen molar-refractivity contribution in [3.8, 4) is 5.75 Å². The first kappa shape index (κ1) is 16.6. The van der Waals surface area contributed by atoms with Crippen LogP contribution in [0.3, 0.4) is 0 Å². The van der Waals surface area contributed by atoms with E-state index in [9.17, 15) is 9.59 Å². The normalized spacial score (nSPS) is 32.9. The molecular formula is C20H25NO4. The van der Waals surface area contributed by atoms with Crippen molar-refractivity contribution in [3.05, 3.63) is 29.8 Å². The predicted octanol–water partition coefficient (Wildman–Crippen LogP) is 2.68. The minimum atomic E-state index is -0.458. The SMILES string of the molecule is C[C@@H]1CC(=O)[C@@H]2CO[C@H]3CC[C@H](CC3)c3ccccc3OCC(=O)N12. The highest BCUT2D eigenvalue weighted by Gasteiger charge is 2.41. The lowest BCUT2D eigenvalue weighted by molar-refractivity contribution is -0.140. The predicted molar refractivity (Wildman–Crippen MR) is 92.6 cm³/mol. The first-order valence-corrected chi connectivity index (χ1v) is 9.30. The van der Waals surface area contributed by atoms with Gasteiger partial charge in [-0.2, -0.15) is 0 Å². The van der Waals surface area contributed by atoms with Crippen LogP contribution in [0.5, 0.6) is 5.75 Å². The number of nitrogens with zero attached hydrogens (tertiary/aromatic N) is 1. The molecule has 1 aliphatic carbocycles. The Morgan fingerprint density at radius 3 is 2.64 bits per heavy atom. The highest BCUT2D eigenvalue weighted by Crippen LogP contribution is 2.39. The van der Waals surface area contributed by atoms with Gasteiger partial charge < -0.3 is 14.4 Å². The molecule has 5 rings (SSSR count). The quantitative estimate of drug-likeness (QED) is 0.727. The number of benzene rings is 1. The standard InChI is InChI=1S/C20H25NO4/c1-13-10-18(22)17-11-24-15-8-6-14(7-9-15)16-4-2-3-5-19(16)25-12-20(23)21(13)17/h2-5,13-15,17H,6-12H2,1H3/t13-,14-,15+,17+/m1/s1. The third-order valence-corrected chi connectivity index (χ3v) is 5.84. The minimum absolute atomic E-state index is 0.0265. The molecule has 1 saturated carbocycles. The number of rotatable bonds is 0. The van der Waals surface area contributed by atoms with Crippen molar-refractivity contribution >= 4 is 11.7 Å². The van der Waals surface area contributed by atoms with Crippen LogP contribution in [0.1, 0.15) is 50.5 Å². The summed E-state index contributed by atoms with van der Waals surface area (Å²) in [6.45, 7) is 2.21. The second kappa shape index (κ2) is 6.79. The van der Waals surface area contributed by atoms with E-state index in [4.69, 9.17) is 9.47 Å². The van der Waals surface area contributed by atoms with Gasteiger partial charge in [0.1, 0.15) is 11.8 Å². The third-order valence-electron chi connectivity index (χ3n) is 5.84. The molecule has 2 fully saturated rings. The molecule has 4 aliphatic rings. The van der Waals surface area contributed by atoms with Crippen molar-refractivity contribution in [1.29, 1.82) is 0 Å². The smallest absolute Gasteiger partial charge is 0.261 e. The maximum atomic E-state index is 12.7. The molecule has 5 heteroatoms. The van der Waals surface area contributed by atoms with Crippen molar-refractivity contribution in [3.63, 3.8) is 0 Å². The van der Waals surface area contributed by atoms with Crippen LogP contribution in [-0.2, 0) is 14.3 Å². The van der Waals surface area contributed by atoms with Crippen LogP contribution in [0.15, 0.2) is 24.3 Å². The zero-order valence-electron chi connectivity index (χ0n) is 14.6. The summed E-state index contributed by atoms with van der Waals surface area (Å²) >= 11 is 0. The van der Waals surface area contributed by atoms with Crippen molar-refractivity contribution in [2.24, 2.45) is 0 Å². The fourth-order valence-electron chi connectivity index (χ4n) is 4.51.